The number of rotatable bonds is 4. The van der Waals surface area contributed by atoms with Gasteiger partial charge in [-0.05, 0) is 17.9 Å². The molecule has 3 amide bonds. The van der Waals surface area contributed by atoms with E-state index >= 15 is 0 Å². The van der Waals surface area contributed by atoms with Crippen molar-refractivity contribution in [2.45, 2.75) is 68.1 Å². The number of guanidine groups is 2. The van der Waals surface area contributed by atoms with Gasteiger partial charge in [-0.2, -0.15) is 0 Å². The first-order chi connectivity index (χ1) is 18.4. The summed E-state index contributed by atoms with van der Waals surface area (Å²) in [6.07, 6.45) is 0.974. The Hall–Kier alpha value is -3.91. The molecule has 3 unspecified atom stereocenters. The molecule has 0 aliphatic carbocycles. The highest BCUT2D eigenvalue weighted by atomic mass is 16.5. The van der Waals surface area contributed by atoms with Gasteiger partial charge < -0.3 is 41.1 Å². The second kappa shape index (κ2) is 8.29. The highest BCUT2D eigenvalue weighted by molar-refractivity contribution is 6.02. The van der Waals surface area contributed by atoms with Crippen LogP contribution in [-0.2, 0) is 15.0 Å². The van der Waals surface area contributed by atoms with Gasteiger partial charge >= 0.3 is 0 Å². The molecule has 1 aromatic carbocycles. The lowest BCUT2D eigenvalue weighted by Crippen LogP contribution is -2.81. The molecule has 0 saturated carbocycles. The number of hydrogen-bond acceptors (Lipinski definition) is 8. The van der Waals surface area contributed by atoms with Crippen LogP contribution in [0.2, 0.25) is 0 Å². The molecule has 0 radical (unpaired) electrons. The first-order valence-electron chi connectivity index (χ1n) is 13.0. The van der Waals surface area contributed by atoms with Crippen LogP contribution in [-0.4, -0.2) is 98.9 Å². The Balaban J connectivity index is 1.31. The third kappa shape index (κ3) is 3.50. The Bertz CT molecular complexity index is 1300. The van der Waals surface area contributed by atoms with Gasteiger partial charge in [0.15, 0.2) is 17.6 Å². The van der Waals surface area contributed by atoms with Crippen molar-refractivity contribution >= 4 is 29.6 Å². The molecule has 0 bridgehead atoms. The van der Waals surface area contributed by atoms with Crippen LogP contribution in [0.25, 0.3) is 0 Å². The number of para-hydroxylation sites is 1. The monoisotopic (exact) mass is 540 g/mol. The molecule has 5 aliphatic rings. The summed E-state index contributed by atoms with van der Waals surface area (Å²) in [6.45, 7) is 4.29. The summed E-state index contributed by atoms with van der Waals surface area (Å²) in [5.41, 5.74) is -0.888. The molecule has 1 spiro atoms. The highest BCUT2D eigenvalue weighted by Gasteiger charge is 2.74. The summed E-state index contributed by atoms with van der Waals surface area (Å²) >= 11 is 0. The van der Waals surface area contributed by atoms with Gasteiger partial charge in [-0.3, -0.25) is 30.1 Å². The summed E-state index contributed by atoms with van der Waals surface area (Å²) < 4.78 is 5.87. The predicted octanol–water partition coefficient (Wildman–Crippen LogP) is -1.91. The molecule has 6 rings (SSSR count). The summed E-state index contributed by atoms with van der Waals surface area (Å²) in [6, 6.07) is 2.23. The van der Waals surface area contributed by atoms with E-state index < -0.39 is 35.5 Å². The molecular weight excluding hydrogens is 508 g/mol. The SMILES string of the molecule is CC1(C)CCOc2c(C(=O)NC3CN4C(=N)N[C@@H](CN5C(=O)CCC5=O)C5NC(=N)NC54C3(O)O)cccc21. The van der Waals surface area contributed by atoms with Gasteiger partial charge in [-0.25, -0.2) is 0 Å². The van der Waals surface area contributed by atoms with Crippen LogP contribution in [0.4, 0.5) is 0 Å². The number of aliphatic hydroxyl groups is 2. The molecule has 8 N–H and O–H groups in total. The third-order valence-corrected chi connectivity index (χ3v) is 8.70. The van der Waals surface area contributed by atoms with Crippen molar-refractivity contribution in [2.24, 2.45) is 0 Å². The number of amides is 3. The molecule has 1 aromatic rings. The fourth-order valence-corrected chi connectivity index (χ4v) is 6.54. The van der Waals surface area contributed by atoms with Gasteiger partial charge in [0.25, 0.3) is 5.91 Å². The zero-order valence-corrected chi connectivity index (χ0v) is 21.6. The number of imide groups is 1. The van der Waals surface area contributed by atoms with Crippen LogP contribution in [0.3, 0.4) is 0 Å². The summed E-state index contributed by atoms with van der Waals surface area (Å²) in [4.78, 5) is 40.5. The number of hydrogen-bond donors (Lipinski definition) is 8. The average Bonchev–Trinajstić information content (AvgIpc) is 3.46. The van der Waals surface area contributed by atoms with E-state index in [1.807, 2.05) is 6.07 Å². The van der Waals surface area contributed by atoms with Crippen molar-refractivity contribution in [3.63, 3.8) is 0 Å². The highest BCUT2D eigenvalue weighted by Crippen LogP contribution is 2.44. The van der Waals surface area contributed by atoms with Gasteiger partial charge in [0.2, 0.25) is 17.6 Å². The molecule has 4 atom stereocenters. The van der Waals surface area contributed by atoms with Gasteiger partial charge in [0.05, 0.1) is 30.8 Å². The number of carbonyl (C=O) groups is 3. The first-order valence-corrected chi connectivity index (χ1v) is 13.0. The maximum absolute atomic E-state index is 13.5. The minimum Gasteiger partial charge on any atom is -0.492 e. The average molecular weight is 541 g/mol. The lowest BCUT2D eigenvalue weighted by atomic mass is 9.79. The molecule has 5 heterocycles. The molecule has 14 nitrogen and oxygen atoms in total. The lowest BCUT2D eigenvalue weighted by Gasteiger charge is -2.51. The van der Waals surface area contributed by atoms with E-state index in [2.05, 4.69) is 35.1 Å². The number of benzene rings is 1. The van der Waals surface area contributed by atoms with E-state index in [1.165, 1.54) is 4.90 Å². The van der Waals surface area contributed by atoms with Gasteiger partial charge in [-0.15, -0.1) is 0 Å². The second-order valence-corrected chi connectivity index (χ2v) is 11.4. The van der Waals surface area contributed by atoms with Crippen LogP contribution in [0.5, 0.6) is 5.75 Å². The van der Waals surface area contributed by atoms with Gasteiger partial charge in [0.1, 0.15) is 11.8 Å². The molecule has 208 valence electrons. The smallest absolute Gasteiger partial charge is 0.255 e. The largest absolute Gasteiger partial charge is 0.492 e. The molecule has 14 heteroatoms. The van der Waals surface area contributed by atoms with Crippen molar-refractivity contribution in [3.8, 4) is 5.75 Å². The van der Waals surface area contributed by atoms with Crippen molar-refractivity contribution in [1.29, 1.82) is 10.8 Å². The Morgan fingerprint density at radius 3 is 2.62 bits per heavy atom. The van der Waals surface area contributed by atoms with E-state index in [1.54, 1.807) is 12.1 Å². The number of likely N-dealkylation sites (tertiary alicyclic amines) is 1. The number of carbonyl (C=O) groups excluding carboxylic acids is 3. The Morgan fingerprint density at radius 2 is 1.90 bits per heavy atom. The maximum atomic E-state index is 13.5. The number of nitrogens with zero attached hydrogens (tertiary/aromatic N) is 2. The molecule has 0 aromatic heterocycles. The van der Waals surface area contributed by atoms with E-state index in [9.17, 15) is 24.6 Å². The topological polar surface area (TPSA) is 203 Å². The molecule has 4 saturated heterocycles. The zero-order chi connectivity index (χ0) is 27.9. The molecule has 4 fully saturated rings. The van der Waals surface area contributed by atoms with Crippen molar-refractivity contribution in [3.05, 3.63) is 29.3 Å². The standard InChI is InChI=1S/C25H32N8O6/c1-23(2)8-9-39-18-12(4-3-5-13(18)23)20(36)29-15-11-33-22(27)28-14(10-32-16(34)6-7-17(32)35)19-24(33,25(15,37)38)31-21(26)30-19/h3-5,14-15,19,37-38H,6-11H2,1-2H3,(H2,27,28)(H,29,36)(H3,26,30,31)/t14-,15?,19?,24?/m0/s1. The van der Waals surface area contributed by atoms with Crippen LogP contribution in [0.1, 0.15) is 49.0 Å². The number of ether oxygens (including phenoxy) is 1. The summed E-state index contributed by atoms with van der Waals surface area (Å²) in [5.74, 6) is -3.92. The molecular formula is C25H32N8O6. The van der Waals surface area contributed by atoms with Crippen LogP contribution in [0, 0.1) is 10.8 Å². The van der Waals surface area contributed by atoms with Crippen LogP contribution >= 0.6 is 0 Å². The van der Waals surface area contributed by atoms with E-state index in [0.717, 1.165) is 16.9 Å². The summed E-state index contributed by atoms with van der Waals surface area (Å²) in [7, 11) is 0. The van der Waals surface area contributed by atoms with E-state index in [0.29, 0.717) is 12.4 Å². The van der Waals surface area contributed by atoms with Crippen LogP contribution in [0.15, 0.2) is 18.2 Å². The Kier molecular flexibility index (Phi) is 5.40. The van der Waals surface area contributed by atoms with Gasteiger partial charge in [-0.1, -0.05) is 26.0 Å². The molecule has 39 heavy (non-hydrogen) atoms. The van der Waals surface area contributed by atoms with Gasteiger partial charge in [0, 0.05) is 24.9 Å². The second-order valence-electron chi connectivity index (χ2n) is 11.4. The van der Waals surface area contributed by atoms with Crippen molar-refractivity contribution in [2.75, 3.05) is 19.7 Å². The maximum Gasteiger partial charge on any atom is 0.255 e. The van der Waals surface area contributed by atoms with Crippen molar-refractivity contribution in [1.82, 2.24) is 31.1 Å². The lowest BCUT2D eigenvalue weighted by molar-refractivity contribution is -0.232. The fourth-order valence-electron chi connectivity index (χ4n) is 6.54. The quantitative estimate of drug-likeness (QED) is 0.157. The summed E-state index contributed by atoms with van der Waals surface area (Å²) in [5, 5.41) is 51.5. The normalized spacial score (nSPS) is 31.9. The minimum absolute atomic E-state index is 0.0918. The fraction of sp³-hybridized carbons (Fsp3) is 0.560. The van der Waals surface area contributed by atoms with Crippen LogP contribution < -0.4 is 26.0 Å². The third-order valence-electron chi connectivity index (χ3n) is 8.70. The number of fused-ring (bicyclic) bond motifs is 1. The first kappa shape index (κ1) is 25.4. The van der Waals surface area contributed by atoms with E-state index in [4.69, 9.17) is 15.6 Å². The van der Waals surface area contributed by atoms with Crippen molar-refractivity contribution < 1.29 is 29.3 Å². The van der Waals surface area contributed by atoms with E-state index in [-0.39, 0.29) is 60.6 Å². The zero-order valence-electron chi connectivity index (χ0n) is 21.6. The Labute approximate surface area is 224 Å². The Morgan fingerprint density at radius 1 is 1.18 bits per heavy atom. The molecule has 5 aliphatic heterocycles. The minimum atomic E-state index is -2.68. The number of nitrogens with one attached hydrogen (secondary N) is 6. The predicted molar refractivity (Wildman–Crippen MR) is 136 cm³/mol.